The standard InChI is InChI=1S/C24H28F2N2O3/c1-16-19(5-4-6-20(16)25)24(23(29)30)8-7-17(14-24)18-13-21(26)22(27-15-18)31-12-11-28-9-2-3-10-28/h4-6,13,15,17H,2-3,7-12,14H2,1H3,(H,29,30)/t17-,24+/m1/s1. The first kappa shape index (κ1) is 21.7. The topological polar surface area (TPSA) is 62.7 Å². The molecule has 31 heavy (non-hydrogen) atoms. The number of aromatic nitrogens is 1. The molecule has 2 aromatic rings. The van der Waals surface area contributed by atoms with Gasteiger partial charge in [0.2, 0.25) is 5.88 Å². The highest BCUT2D eigenvalue weighted by Gasteiger charge is 2.48. The van der Waals surface area contributed by atoms with Crippen molar-refractivity contribution in [1.82, 2.24) is 9.88 Å². The Morgan fingerprint density at radius 1 is 1.29 bits per heavy atom. The molecule has 1 saturated heterocycles. The maximum Gasteiger partial charge on any atom is 0.314 e. The fourth-order valence-electron chi connectivity index (χ4n) is 5.06. The molecule has 5 nitrogen and oxygen atoms in total. The highest BCUT2D eigenvalue weighted by atomic mass is 19.1. The Labute approximate surface area is 181 Å². The maximum atomic E-state index is 14.6. The van der Waals surface area contributed by atoms with Crippen molar-refractivity contribution in [3.63, 3.8) is 0 Å². The predicted molar refractivity (Wildman–Crippen MR) is 112 cm³/mol. The number of hydrogen-bond donors (Lipinski definition) is 1. The molecule has 2 aliphatic rings. The number of carboxylic acid groups (broad SMARTS) is 1. The Balaban J connectivity index is 1.48. The van der Waals surface area contributed by atoms with Gasteiger partial charge in [-0.25, -0.2) is 13.8 Å². The molecule has 1 N–H and O–H groups in total. The van der Waals surface area contributed by atoms with Crippen molar-refractivity contribution >= 4 is 5.97 Å². The van der Waals surface area contributed by atoms with Gasteiger partial charge in [0.1, 0.15) is 12.4 Å². The zero-order valence-corrected chi connectivity index (χ0v) is 17.7. The number of nitrogens with zero attached hydrogens (tertiary/aromatic N) is 2. The highest BCUT2D eigenvalue weighted by molar-refractivity contribution is 5.82. The number of hydrogen-bond acceptors (Lipinski definition) is 4. The van der Waals surface area contributed by atoms with Crippen molar-refractivity contribution in [2.45, 2.75) is 50.4 Å². The second-order valence-corrected chi connectivity index (χ2v) is 8.69. The molecule has 0 amide bonds. The van der Waals surface area contributed by atoms with E-state index in [9.17, 15) is 18.7 Å². The van der Waals surface area contributed by atoms with Gasteiger partial charge < -0.3 is 9.84 Å². The smallest absolute Gasteiger partial charge is 0.314 e. The van der Waals surface area contributed by atoms with E-state index in [0.29, 0.717) is 36.1 Å². The minimum atomic E-state index is -1.18. The van der Waals surface area contributed by atoms with Crippen molar-refractivity contribution in [2.75, 3.05) is 26.2 Å². The number of ether oxygens (including phenoxy) is 1. The average Bonchev–Trinajstić information content (AvgIpc) is 3.42. The van der Waals surface area contributed by atoms with Gasteiger partial charge in [-0.05, 0) is 86.9 Å². The fraction of sp³-hybridized carbons (Fsp3) is 0.500. The molecule has 1 saturated carbocycles. The molecule has 4 rings (SSSR count). The summed E-state index contributed by atoms with van der Waals surface area (Å²) in [6.45, 7) is 4.84. The lowest BCUT2D eigenvalue weighted by Crippen LogP contribution is -2.34. The van der Waals surface area contributed by atoms with Gasteiger partial charge in [0, 0.05) is 12.7 Å². The van der Waals surface area contributed by atoms with Crippen LogP contribution in [0.3, 0.4) is 0 Å². The summed E-state index contributed by atoms with van der Waals surface area (Å²) in [5, 5.41) is 10.0. The van der Waals surface area contributed by atoms with E-state index in [1.54, 1.807) is 25.3 Å². The molecule has 166 valence electrons. The Bertz CT molecular complexity index is 962. The quantitative estimate of drug-likeness (QED) is 0.704. The SMILES string of the molecule is Cc1c(F)cccc1[C@]1(C(=O)O)CC[C@@H](c2cnc(OCCN3CCCC3)c(F)c2)C1. The number of benzene rings is 1. The van der Waals surface area contributed by atoms with Gasteiger partial charge in [-0.1, -0.05) is 12.1 Å². The first-order chi connectivity index (χ1) is 14.9. The van der Waals surface area contributed by atoms with E-state index < -0.39 is 23.0 Å². The first-order valence-electron chi connectivity index (χ1n) is 10.9. The lowest BCUT2D eigenvalue weighted by molar-refractivity contribution is -0.143. The molecule has 0 radical (unpaired) electrons. The van der Waals surface area contributed by atoms with Crippen molar-refractivity contribution in [1.29, 1.82) is 0 Å². The lowest BCUT2D eigenvalue weighted by Gasteiger charge is -2.27. The molecule has 0 bridgehead atoms. The van der Waals surface area contributed by atoms with E-state index >= 15 is 0 Å². The van der Waals surface area contributed by atoms with Crippen LogP contribution in [-0.2, 0) is 10.2 Å². The van der Waals surface area contributed by atoms with Crippen molar-refractivity contribution < 1.29 is 23.4 Å². The number of carboxylic acids is 1. The van der Waals surface area contributed by atoms with Crippen molar-refractivity contribution in [2.24, 2.45) is 0 Å². The molecule has 2 fully saturated rings. The Kier molecular flexibility index (Phi) is 6.23. The first-order valence-corrected chi connectivity index (χ1v) is 10.9. The number of rotatable bonds is 7. The zero-order valence-electron chi connectivity index (χ0n) is 17.7. The van der Waals surface area contributed by atoms with Gasteiger partial charge in [0.25, 0.3) is 0 Å². The van der Waals surface area contributed by atoms with Crippen molar-refractivity contribution in [3.05, 3.63) is 58.8 Å². The zero-order chi connectivity index (χ0) is 22.0. The Morgan fingerprint density at radius 2 is 2.06 bits per heavy atom. The summed E-state index contributed by atoms with van der Waals surface area (Å²) in [6, 6.07) is 5.97. The third kappa shape index (κ3) is 4.28. The molecule has 2 heterocycles. The van der Waals surface area contributed by atoms with Crippen LogP contribution in [0.1, 0.15) is 54.7 Å². The fourth-order valence-corrected chi connectivity index (χ4v) is 5.06. The molecule has 1 aliphatic carbocycles. The second kappa shape index (κ2) is 8.91. The molecule has 1 aliphatic heterocycles. The summed E-state index contributed by atoms with van der Waals surface area (Å²) in [4.78, 5) is 18.7. The van der Waals surface area contributed by atoms with E-state index in [-0.39, 0.29) is 18.2 Å². The molecular weight excluding hydrogens is 402 g/mol. The largest absolute Gasteiger partial charge is 0.481 e. The number of carbonyl (C=O) groups is 1. The van der Waals surface area contributed by atoms with Gasteiger partial charge in [-0.15, -0.1) is 0 Å². The Morgan fingerprint density at radius 3 is 2.77 bits per heavy atom. The summed E-state index contributed by atoms with van der Waals surface area (Å²) in [5.74, 6) is -2.11. The van der Waals surface area contributed by atoms with Crippen LogP contribution in [0.2, 0.25) is 0 Å². The minimum Gasteiger partial charge on any atom is -0.481 e. The van der Waals surface area contributed by atoms with Gasteiger partial charge in [0.15, 0.2) is 5.82 Å². The van der Waals surface area contributed by atoms with E-state index in [0.717, 1.165) is 19.6 Å². The molecule has 1 aromatic heterocycles. The summed E-state index contributed by atoms with van der Waals surface area (Å²) in [5.41, 5.74) is 0.328. The molecular formula is C24H28F2N2O3. The van der Waals surface area contributed by atoms with Crippen LogP contribution in [0.4, 0.5) is 8.78 Å². The molecule has 1 aromatic carbocycles. The van der Waals surface area contributed by atoms with Crippen LogP contribution in [0.5, 0.6) is 5.88 Å². The monoisotopic (exact) mass is 430 g/mol. The van der Waals surface area contributed by atoms with E-state index in [1.165, 1.54) is 25.0 Å². The van der Waals surface area contributed by atoms with E-state index in [2.05, 4.69) is 9.88 Å². The van der Waals surface area contributed by atoms with Gasteiger partial charge in [0.05, 0.1) is 5.41 Å². The van der Waals surface area contributed by atoms with E-state index in [4.69, 9.17) is 4.74 Å². The van der Waals surface area contributed by atoms with Gasteiger partial charge in [-0.3, -0.25) is 9.69 Å². The molecule has 2 atom stereocenters. The van der Waals surface area contributed by atoms with Crippen molar-refractivity contribution in [3.8, 4) is 5.88 Å². The Hall–Kier alpha value is -2.54. The van der Waals surface area contributed by atoms with Crippen LogP contribution < -0.4 is 4.74 Å². The highest BCUT2D eigenvalue weighted by Crippen LogP contribution is 2.49. The number of likely N-dealkylation sites (tertiary alicyclic amines) is 1. The van der Waals surface area contributed by atoms with Crippen LogP contribution in [0.25, 0.3) is 0 Å². The average molecular weight is 430 g/mol. The van der Waals surface area contributed by atoms with Crippen LogP contribution in [-0.4, -0.2) is 47.2 Å². The van der Waals surface area contributed by atoms with Crippen LogP contribution in [0, 0.1) is 18.6 Å². The number of aliphatic carboxylic acids is 1. The predicted octanol–water partition coefficient (Wildman–Crippen LogP) is 4.43. The minimum absolute atomic E-state index is 0.0218. The van der Waals surface area contributed by atoms with E-state index in [1.807, 2.05) is 0 Å². The normalized spacial score (nSPS) is 23.9. The third-order valence-electron chi connectivity index (χ3n) is 6.85. The summed E-state index contributed by atoms with van der Waals surface area (Å²) in [7, 11) is 0. The summed E-state index contributed by atoms with van der Waals surface area (Å²) >= 11 is 0. The van der Waals surface area contributed by atoms with Crippen LogP contribution in [0.15, 0.2) is 30.5 Å². The van der Waals surface area contributed by atoms with Gasteiger partial charge in [-0.2, -0.15) is 0 Å². The van der Waals surface area contributed by atoms with Crippen LogP contribution >= 0.6 is 0 Å². The maximum absolute atomic E-state index is 14.6. The molecule has 0 unspecified atom stereocenters. The molecule has 0 spiro atoms. The third-order valence-corrected chi connectivity index (χ3v) is 6.85. The number of pyridine rings is 1. The lowest BCUT2D eigenvalue weighted by atomic mass is 9.76. The molecule has 7 heteroatoms. The second-order valence-electron chi connectivity index (χ2n) is 8.69. The van der Waals surface area contributed by atoms with Gasteiger partial charge >= 0.3 is 5.97 Å². The number of halogens is 2. The summed E-state index contributed by atoms with van der Waals surface area (Å²) < 4.78 is 34.3. The summed E-state index contributed by atoms with van der Waals surface area (Å²) in [6.07, 6.45) is 5.18.